The summed E-state index contributed by atoms with van der Waals surface area (Å²) >= 11 is 0. The highest BCUT2D eigenvalue weighted by Gasteiger charge is 2.21. The van der Waals surface area contributed by atoms with Crippen molar-refractivity contribution in [3.05, 3.63) is 12.2 Å². The largest absolute Gasteiger partial charge is 0.756 e. The van der Waals surface area contributed by atoms with E-state index in [2.05, 4.69) is 26.0 Å². The molecule has 48 heavy (non-hydrogen) atoms. The average Bonchev–Trinajstić information content (AvgIpc) is 3.02. The van der Waals surface area contributed by atoms with Gasteiger partial charge in [-0.15, -0.1) is 0 Å². The molecule has 0 bridgehead atoms. The highest BCUT2D eigenvalue weighted by Crippen LogP contribution is 2.38. The molecule has 0 spiro atoms. The van der Waals surface area contributed by atoms with E-state index < -0.39 is 32.5 Å². The van der Waals surface area contributed by atoms with Crippen molar-refractivity contribution in [2.45, 2.75) is 174 Å². The highest BCUT2D eigenvalue weighted by molar-refractivity contribution is 7.45. The Morgan fingerprint density at radius 1 is 0.625 bits per heavy atom. The first-order chi connectivity index (χ1) is 23.0. The van der Waals surface area contributed by atoms with Crippen LogP contribution in [0.2, 0.25) is 0 Å². The first-order valence-electron chi connectivity index (χ1n) is 19.4. The van der Waals surface area contributed by atoms with Gasteiger partial charge in [-0.05, 0) is 32.1 Å². The van der Waals surface area contributed by atoms with Crippen LogP contribution in [0.5, 0.6) is 0 Å². The number of quaternary nitrogens is 1. The van der Waals surface area contributed by atoms with Crippen LogP contribution in [0.15, 0.2) is 12.2 Å². The van der Waals surface area contributed by atoms with E-state index in [1.54, 1.807) is 0 Å². The predicted molar refractivity (Wildman–Crippen MR) is 195 cm³/mol. The summed E-state index contributed by atoms with van der Waals surface area (Å²) in [7, 11) is 1.17. The molecule has 0 aromatic rings. The summed E-state index contributed by atoms with van der Waals surface area (Å²) in [5.74, 6) is -0.842. The highest BCUT2D eigenvalue weighted by atomic mass is 31.2. The minimum atomic E-state index is -4.61. The van der Waals surface area contributed by atoms with Crippen LogP contribution in [-0.4, -0.2) is 70.0 Å². The molecule has 0 amide bonds. The number of hydrogen-bond donors (Lipinski definition) is 0. The fraction of sp³-hybridized carbons (Fsp3) is 0.895. The lowest BCUT2D eigenvalue weighted by Crippen LogP contribution is -2.37. The molecule has 0 N–H and O–H groups in total. The van der Waals surface area contributed by atoms with Gasteiger partial charge in [-0.1, -0.05) is 135 Å². The third-order valence-corrected chi connectivity index (χ3v) is 9.25. The van der Waals surface area contributed by atoms with E-state index in [1.165, 1.54) is 77.0 Å². The summed E-state index contributed by atoms with van der Waals surface area (Å²) in [6.07, 6.45) is 29.5. The average molecular weight is 704 g/mol. The monoisotopic (exact) mass is 704 g/mol. The van der Waals surface area contributed by atoms with E-state index >= 15 is 0 Å². The van der Waals surface area contributed by atoms with Crippen LogP contribution < -0.4 is 4.89 Å². The number of nitrogens with zero attached hydrogens (tertiary/aromatic N) is 1. The number of carbonyl (C=O) groups excluding carboxylic acids is 2. The molecule has 10 heteroatoms. The molecule has 0 aliphatic carbocycles. The lowest BCUT2D eigenvalue weighted by molar-refractivity contribution is -0.870. The molecule has 0 radical (unpaired) electrons. The van der Waals surface area contributed by atoms with Gasteiger partial charge < -0.3 is 27.9 Å². The van der Waals surface area contributed by atoms with Crippen molar-refractivity contribution in [1.29, 1.82) is 0 Å². The van der Waals surface area contributed by atoms with Crippen molar-refractivity contribution < 1.29 is 42.1 Å². The maximum absolute atomic E-state index is 12.6. The zero-order valence-electron chi connectivity index (χ0n) is 31.7. The number of ether oxygens (including phenoxy) is 2. The molecule has 9 nitrogen and oxygen atoms in total. The van der Waals surface area contributed by atoms with Crippen molar-refractivity contribution in [3.8, 4) is 0 Å². The number of likely N-dealkylation sites (N-methyl/N-ethyl adjacent to an activating group) is 1. The molecule has 0 aliphatic rings. The molecular weight excluding hydrogens is 629 g/mol. The quantitative estimate of drug-likeness (QED) is 0.0211. The Labute approximate surface area is 295 Å². The zero-order valence-corrected chi connectivity index (χ0v) is 32.6. The predicted octanol–water partition coefficient (Wildman–Crippen LogP) is 9.61. The molecular formula is C38H74NO8P. The second-order valence-electron chi connectivity index (χ2n) is 14.3. The minimum absolute atomic E-state index is 0.0293. The molecule has 0 rings (SSSR count). The smallest absolute Gasteiger partial charge is 0.306 e. The molecule has 0 fully saturated rings. The van der Waals surface area contributed by atoms with Gasteiger partial charge in [0.05, 0.1) is 27.7 Å². The first kappa shape index (κ1) is 46.8. The van der Waals surface area contributed by atoms with Crippen LogP contribution in [0, 0.1) is 0 Å². The Morgan fingerprint density at radius 2 is 1.08 bits per heavy atom. The van der Waals surface area contributed by atoms with Gasteiger partial charge in [0.1, 0.15) is 19.8 Å². The summed E-state index contributed by atoms with van der Waals surface area (Å²) in [6.45, 7) is 4.17. The lowest BCUT2D eigenvalue weighted by atomic mass is 10.0. The van der Waals surface area contributed by atoms with Crippen LogP contribution in [0.25, 0.3) is 0 Å². The number of allylic oxidation sites excluding steroid dienone is 2. The van der Waals surface area contributed by atoms with Gasteiger partial charge in [-0.3, -0.25) is 14.2 Å². The molecule has 2 atom stereocenters. The maximum Gasteiger partial charge on any atom is 0.306 e. The van der Waals surface area contributed by atoms with E-state index in [-0.39, 0.29) is 26.1 Å². The molecule has 0 heterocycles. The maximum atomic E-state index is 12.6. The van der Waals surface area contributed by atoms with Gasteiger partial charge in [-0.25, -0.2) is 0 Å². The van der Waals surface area contributed by atoms with E-state index in [1.807, 2.05) is 21.1 Å². The zero-order chi connectivity index (χ0) is 35.8. The van der Waals surface area contributed by atoms with Gasteiger partial charge in [0.25, 0.3) is 7.82 Å². The van der Waals surface area contributed by atoms with Gasteiger partial charge in [0, 0.05) is 12.8 Å². The van der Waals surface area contributed by atoms with Crippen molar-refractivity contribution in [2.24, 2.45) is 0 Å². The number of carbonyl (C=O) groups is 2. The van der Waals surface area contributed by atoms with Crippen LogP contribution in [0.4, 0.5) is 0 Å². The lowest BCUT2D eigenvalue weighted by Gasteiger charge is -2.28. The van der Waals surface area contributed by atoms with E-state index in [0.717, 1.165) is 57.8 Å². The molecule has 284 valence electrons. The van der Waals surface area contributed by atoms with E-state index in [9.17, 15) is 19.0 Å². The van der Waals surface area contributed by atoms with Crippen LogP contribution in [-0.2, 0) is 32.7 Å². The SMILES string of the molecule is CCCC/C=C/CCCCCCCC(=O)OC[C@H](COP(=O)([O-])OCC[N+](C)(C)C)OC(=O)CCCCCCCCCCCCCCC. The van der Waals surface area contributed by atoms with Crippen molar-refractivity contribution >= 4 is 19.8 Å². The topological polar surface area (TPSA) is 111 Å². The standard InChI is InChI=1S/C38H74NO8P/c1-6-8-10-12-14-16-18-19-21-23-25-27-29-31-38(41)47-36(35-46-48(42,43)45-33-32-39(3,4)5)34-44-37(40)30-28-26-24-22-20-17-15-13-11-9-7-2/h13,15,36H,6-12,14,16-35H2,1-5H3/b15-13+/t36-/m1/s1. The number of unbranched alkanes of at least 4 members (excludes halogenated alkanes) is 19. The van der Waals surface area contributed by atoms with Crippen molar-refractivity contribution in [2.75, 3.05) is 47.5 Å². The van der Waals surface area contributed by atoms with E-state index in [0.29, 0.717) is 17.4 Å². The summed E-state index contributed by atoms with van der Waals surface area (Å²) in [5.41, 5.74) is 0. The fourth-order valence-corrected chi connectivity index (χ4v) is 5.89. The third kappa shape index (κ3) is 34.6. The summed E-state index contributed by atoms with van der Waals surface area (Å²) in [5, 5.41) is 0. The Bertz CT molecular complexity index is 845. The van der Waals surface area contributed by atoms with Crippen LogP contribution in [0.1, 0.15) is 168 Å². The fourth-order valence-electron chi connectivity index (χ4n) is 5.16. The van der Waals surface area contributed by atoms with Crippen LogP contribution >= 0.6 is 7.82 Å². The molecule has 0 aromatic carbocycles. The Hall–Kier alpha value is -1.25. The summed E-state index contributed by atoms with van der Waals surface area (Å²) < 4.78 is 33.7. The first-order valence-corrected chi connectivity index (χ1v) is 20.9. The molecule has 0 saturated heterocycles. The number of phosphoric acid groups is 1. The van der Waals surface area contributed by atoms with Gasteiger partial charge in [0.2, 0.25) is 0 Å². The Morgan fingerprint density at radius 3 is 1.60 bits per heavy atom. The van der Waals surface area contributed by atoms with Gasteiger partial charge in [0.15, 0.2) is 6.10 Å². The number of esters is 2. The molecule has 0 aromatic heterocycles. The number of rotatable bonds is 35. The number of hydrogen-bond acceptors (Lipinski definition) is 8. The Kier molecular flexibility index (Phi) is 30.9. The van der Waals surface area contributed by atoms with Gasteiger partial charge in [-0.2, -0.15) is 0 Å². The van der Waals surface area contributed by atoms with Gasteiger partial charge >= 0.3 is 11.9 Å². The number of phosphoric ester groups is 1. The molecule has 0 saturated carbocycles. The van der Waals surface area contributed by atoms with Crippen molar-refractivity contribution in [3.63, 3.8) is 0 Å². The molecule has 1 unspecified atom stereocenters. The minimum Gasteiger partial charge on any atom is -0.756 e. The summed E-state index contributed by atoms with van der Waals surface area (Å²) in [4.78, 5) is 37.3. The second kappa shape index (κ2) is 31.7. The Balaban J connectivity index is 4.43. The second-order valence-corrected chi connectivity index (χ2v) is 15.7. The normalized spacial score (nSPS) is 13.9. The van der Waals surface area contributed by atoms with Crippen LogP contribution in [0.3, 0.4) is 0 Å². The van der Waals surface area contributed by atoms with E-state index in [4.69, 9.17) is 18.5 Å². The third-order valence-electron chi connectivity index (χ3n) is 8.29. The summed E-state index contributed by atoms with van der Waals surface area (Å²) in [6, 6.07) is 0. The molecule has 0 aliphatic heterocycles. The van der Waals surface area contributed by atoms with Crippen molar-refractivity contribution in [1.82, 2.24) is 0 Å².